The molecule has 1 aromatic rings. The molecule has 1 fully saturated rings. The van der Waals surface area contributed by atoms with Crippen LogP contribution in [0.25, 0.3) is 0 Å². The van der Waals surface area contributed by atoms with Crippen LogP contribution in [-0.4, -0.2) is 15.6 Å². The first kappa shape index (κ1) is 8.88. The monoisotopic (exact) mass is 199 g/mol. The van der Waals surface area contributed by atoms with E-state index in [1.807, 2.05) is 4.57 Å². The van der Waals surface area contributed by atoms with E-state index >= 15 is 0 Å². The van der Waals surface area contributed by atoms with Gasteiger partial charge in [-0.15, -0.1) is 0 Å². The molecule has 0 saturated heterocycles. The summed E-state index contributed by atoms with van der Waals surface area (Å²) in [7, 11) is 0. The lowest BCUT2D eigenvalue weighted by molar-refractivity contribution is 0.441. The van der Waals surface area contributed by atoms with Gasteiger partial charge in [-0.3, -0.25) is 0 Å². The Balaban J connectivity index is 2.09. The predicted molar refractivity (Wildman–Crippen MR) is 54.2 cm³/mol. The molecule has 0 radical (unpaired) electrons. The minimum absolute atomic E-state index is 0.615. The summed E-state index contributed by atoms with van der Waals surface area (Å²) in [5, 5.41) is 4.10. The van der Waals surface area contributed by atoms with E-state index in [1.165, 1.54) is 19.3 Å². The number of hydrogen-bond donors (Lipinski definition) is 1. The Morgan fingerprint density at radius 3 is 3.00 bits per heavy atom. The molecule has 1 N–H and O–H groups in total. The molecule has 1 heterocycles. The van der Waals surface area contributed by atoms with Gasteiger partial charge in [0, 0.05) is 12.6 Å². The van der Waals surface area contributed by atoms with E-state index in [1.54, 1.807) is 6.20 Å². The van der Waals surface area contributed by atoms with Crippen LogP contribution in [-0.2, 0) is 6.54 Å². The first-order valence-electron chi connectivity index (χ1n) is 4.79. The van der Waals surface area contributed by atoms with Crippen molar-refractivity contribution in [2.75, 3.05) is 5.32 Å². The van der Waals surface area contributed by atoms with Crippen molar-refractivity contribution in [1.82, 2.24) is 9.55 Å². The molecule has 0 aliphatic heterocycles. The quantitative estimate of drug-likeness (QED) is 0.811. The molecule has 1 aliphatic carbocycles. The molecule has 0 aromatic carbocycles. The van der Waals surface area contributed by atoms with Crippen molar-refractivity contribution in [3.8, 4) is 0 Å². The Morgan fingerprint density at radius 1 is 1.69 bits per heavy atom. The van der Waals surface area contributed by atoms with Crippen molar-refractivity contribution in [3.05, 3.63) is 11.3 Å². The number of imidazole rings is 1. The summed E-state index contributed by atoms with van der Waals surface area (Å²) in [6, 6.07) is 0.615. The summed E-state index contributed by atoms with van der Waals surface area (Å²) in [6.07, 6.45) is 5.55. The zero-order valence-corrected chi connectivity index (χ0v) is 8.51. The van der Waals surface area contributed by atoms with Gasteiger partial charge < -0.3 is 9.88 Å². The standard InChI is InChI=1S/C9H14ClN3/c1-2-13-8(10)6-11-9(13)12-7-4-3-5-7/h6-7H,2-5H2,1H3,(H,11,12). The minimum Gasteiger partial charge on any atom is -0.353 e. The first-order chi connectivity index (χ1) is 6.31. The van der Waals surface area contributed by atoms with Crippen LogP contribution in [0.15, 0.2) is 6.20 Å². The van der Waals surface area contributed by atoms with Gasteiger partial charge in [-0.25, -0.2) is 4.98 Å². The van der Waals surface area contributed by atoms with Crippen LogP contribution in [0.1, 0.15) is 26.2 Å². The zero-order valence-electron chi connectivity index (χ0n) is 7.76. The highest BCUT2D eigenvalue weighted by Crippen LogP contribution is 2.24. The molecule has 4 heteroatoms. The summed E-state index contributed by atoms with van der Waals surface area (Å²) in [6.45, 7) is 2.94. The molecular weight excluding hydrogens is 186 g/mol. The first-order valence-corrected chi connectivity index (χ1v) is 5.16. The predicted octanol–water partition coefficient (Wildman–Crippen LogP) is 2.52. The molecule has 3 nitrogen and oxygen atoms in total. The molecule has 0 amide bonds. The second-order valence-corrected chi connectivity index (χ2v) is 3.81. The maximum atomic E-state index is 5.95. The van der Waals surface area contributed by atoms with Gasteiger partial charge in [-0.1, -0.05) is 11.6 Å². The molecule has 0 bridgehead atoms. The van der Waals surface area contributed by atoms with Crippen molar-refractivity contribution < 1.29 is 0 Å². The molecule has 13 heavy (non-hydrogen) atoms. The number of nitrogens with one attached hydrogen (secondary N) is 1. The van der Waals surface area contributed by atoms with Crippen LogP contribution >= 0.6 is 11.6 Å². The van der Waals surface area contributed by atoms with E-state index in [2.05, 4.69) is 17.2 Å². The molecule has 0 unspecified atom stereocenters. The molecule has 72 valence electrons. The van der Waals surface area contributed by atoms with Crippen molar-refractivity contribution >= 4 is 17.5 Å². The second kappa shape index (κ2) is 3.58. The van der Waals surface area contributed by atoms with E-state index in [9.17, 15) is 0 Å². The third kappa shape index (κ3) is 1.66. The minimum atomic E-state index is 0.615. The Labute approximate surface area is 83.1 Å². The lowest BCUT2D eigenvalue weighted by Gasteiger charge is -2.27. The van der Waals surface area contributed by atoms with E-state index in [-0.39, 0.29) is 0 Å². The van der Waals surface area contributed by atoms with Gasteiger partial charge >= 0.3 is 0 Å². The van der Waals surface area contributed by atoms with E-state index in [4.69, 9.17) is 11.6 Å². The van der Waals surface area contributed by atoms with Crippen LogP contribution in [0.3, 0.4) is 0 Å². The number of halogens is 1. The van der Waals surface area contributed by atoms with Crippen molar-refractivity contribution in [2.24, 2.45) is 0 Å². The Hall–Kier alpha value is -0.700. The van der Waals surface area contributed by atoms with Crippen LogP contribution < -0.4 is 5.32 Å². The highest BCUT2D eigenvalue weighted by molar-refractivity contribution is 6.29. The fourth-order valence-corrected chi connectivity index (χ4v) is 1.75. The average molecular weight is 200 g/mol. The van der Waals surface area contributed by atoms with Gasteiger partial charge in [0.25, 0.3) is 0 Å². The van der Waals surface area contributed by atoms with E-state index in [0.29, 0.717) is 11.2 Å². The highest BCUT2D eigenvalue weighted by atomic mass is 35.5. The van der Waals surface area contributed by atoms with Crippen molar-refractivity contribution in [1.29, 1.82) is 0 Å². The number of anilines is 1. The Bertz CT molecular complexity index is 291. The molecule has 0 atom stereocenters. The van der Waals surface area contributed by atoms with E-state index in [0.717, 1.165) is 12.5 Å². The third-order valence-corrected chi connectivity index (χ3v) is 2.86. The van der Waals surface area contributed by atoms with Crippen LogP contribution in [0.2, 0.25) is 5.15 Å². The van der Waals surface area contributed by atoms with Gasteiger partial charge in [-0.05, 0) is 26.2 Å². The van der Waals surface area contributed by atoms with Crippen molar-refractivity contribution in [2.45, 2.75) is 38.8 Å². The average Bonchev–Trinajstić information content (AvgIpc) is 2.39. The van der Waals surface area contributed by atoms with Gasteiger partial charge in [0.05, 0.1) is 6.20 Å². The molecule has 1 aromatic heterocycles. The number of aromatic nitrogens is 2. The zero-order chi connectivity index (χ0) is 9.26. The Kier molecular flexibility index (Phi) is 2.44. The molecule has 1 saturated carbocycles. The van der Waals surface area contributed by atoms with Crippen LogP contribution in [0, 0.1) is 0 Å². The summed E-state index contributed by atoms with van der Waals surface area (Å²) in [5.74, 6) is 0.914. The molecular formula is C9H14ClN3. The van der Waals surface area contributed by atoms with Gasteiger partial charge in [-0.2, -0.15) is 0 Å². The van der Waals surface area contributed by atoms with Gasteiger partial charge in [0.2, 0.25) is 5.95 Å². The highest BCUT2D eigenvalue weighted by Gasteiger charge is 2.19. The fourth-order valence-electron chi connectivity index (χ4n) is 1.51. The maximum Gasteiger partial charge on any atom is 0.204 e. The molecule has 2 rings (SSSR count). The third-order valence-electron chi connectivity index (χ3n) is 2.56. The normalized spacial score (nSPS) is 17.1. The van der Waals surface area contributed by atoms with Crippen LogP contribution in [0.5, 0.6) is 0 Å². The maximum absolute atomic E-state index is 5.95. The van der Waals surface area contributed by atoms with E-state index < -0.39 is 0 Å². The lowest BCUT2D eigenvalue weighted by Crippen LogP contribution is -2.28. The SMILES string of the molecule is CCn1c(Cl)cnc1NC1CCC1. The number of nitrogens with zero attached hydrogens (tertiary/aromatic N) is 2. The smallest absolute Gasteiger partial charge is 0.204 e. The fraction of sp³-hybridized carbons (Fsp3) is 0.667. The summed E-state index contributed by atoms with van der Waals surface area (Å²) < 4.78 is 1.99. The van der Waals surface area contributed by atoms with Crippen molar-refractivity contribution in [3.63, 3.8) is 0 Å². The molecule has 1 aliphatic rings. The summed E-state index contributed by atoms with van der Waals surface area (Å²) >= 11 is 5.95. The number of hydrogen-bond acceptors (Lipinski definition) is 2. The second-order valence-electron chi connectivity index (χ2n) is 3.42. The molecule has 0 spiro atoms. The van der Waals surface area contributed by atoms with Crippen LogP contribution in [0.4, 0.5) is 5.95 Å². The Morgan fingerprint density at radius 2 is 2.46 bits per heavy atom. The topological polar surface area (TPSA) is 29.9 Å². The largest absolute Gasteiger partial charge is 0.353 e. The number of rotatable bonds is 3. The summed E-state index contributed by atoms with van der Waals surface area (Å²) in [4.78, 5) is 4.23. The van der Waals surface area contributed by atoms with Gasteiger partial charge in [0.1, 0.15) is 5.15 Å². The van der Waals surface area contributed by atoms with Gasteiger partial charge in [0.15, 0.2) is 0 Å². The lowest BCUT2D eigenvalue weighted by atomic mass is 9.93. The summed E-state index contributed by atoms with van der Waals surface area (Å²) in [5.41, 5.74) is 0.